The second-order valence-corrected chi connectivity index (χ2v) is 11.4. The van der Waals surface area contributed by atoms with Crippen LogP contribution in [0.25, 0.3) is 82.9 Å². The fraction of sp³-hybridized carbons (Fsp3) is 0. The van der Waals surface area contributed by atoms with Crippen LogP contribution in [-0.2, 0) is 0 Å². The van der Waals surface area contributed by atoms with Crippen molar-refractivity contribution in [3.05, 3.63) is 164 Å². The maximum atomic E-state index is 5.16. The van der Waals surface area contributed by atoms with Gasteiger partial charge >= 0.3 is 0 Å². The van der Waals surface area contributed by atoms with Gasteiger partial charge in [0, 0.05) is 32.8 Å². The van der Waals surface area contributed by atoms with Crippen LogP contribution in [0.15, 0.2) is 164 Å². The lowest BCUT2D eigenvalue weighted by molar-refractivity contribution is 1.18. The topological polar surface area (TPSA) is 30.7 Å². The van der Waals surface area contributed by atoms with Gasteiger partial charge < -0.3 is 4.57 Å². The lowest BCUT2D eigenvalue weighted by atomic mass is 9.98. The van der Waals surface area contributed by atoms with Gasteiger partial charge in [0.25, 0.3) is 0 Å². The first-order valence-corrected chi connectivity index (χ1v) is 15.3. The van der Waals surface area contributed by atoms with E-state index in [1.165, 1.54) is 38.0 Å². The lowest BCUT2D eigenvalue weighted by Gasteiger charge is -2.16. The molecule has 9 aromatic rings. The van der Waals surface area contributed by atoms with Crippen LogP contribution in [0.3, 0.4) is 0 Å². The maximum absolute atomic E-state index is 5.16. The van der Waals surface area contributed by atoms with Gasteiger partial charge in [0.15, 0.2) is 5.82 Å². The highest BCUT2D eigenvalue weighted by Crippen LogP contribution is 2.39. The molecule has 2 heterocycles. The van der Waals surface area contributed by atoms with E-state index in [0.29, 0.717) is 0 Å². The van der Waals surface area contributed by atoms with E-state index in [1.807, 2.05) is 24.3 Å². The Morgan fingerprint density at radius 1 is 0.378 bits per heavy atom. The van der Waals surface area contributed by atoms with Gasteiger partial charge in [-0.15, -0.1) is 0 Å². The van der Waals surface area contributed by atoms with Crippen molar-refractivity contribution < 1.29 is 0 Å². The van der Waals surface area contributed by atoms with Crippen LogP contribution in [-0.4, -0.2) is 14.5 Å². The monoisotopic (exact) mass is 573 g/mol. The first kappa shape index (κ1) is 25.4. The fourth-order valence-corrected chi connectivity index (χ4v) is 6.67. The van der Waals surface area contributed by atoms with E-state index in [1.54, 1.807) is 0 Å². The van der Waals surface area contributed by atoms with E-state index in [4.69, 9.17) is 9.97 Å². The zero-order valence-corrected chi connectivity index (χ0v) is 24.4. The van der Waals surface area contributed by atoms with Crippen molar-refractivity contribution >= 4 is 43.4 Å². The molecule has 210 valence electrons. The standard InChI is InChI=1S/C42H27N3/c1-3-13-28(14-4-1)37-27-38(44-42(43-37)29-15-5-2-6-16-29)33-23-24-40(34-20-10-9-19-32(33)34)45-39-22-12-11-21-35(39)36-25-30-17-7-8-18-31(30)26-41(36)45/h1-27H. The normalized spacial score (nSPS) is 11.6. The molecule has 0 atom stereocenters. The van der Waals surface area contributed by atoms with E-state index >= 15 is 0 Å². The Morgan fingerprint density at radius 3 is 1.76 bits per heavy atom. The Kier molecular flexibility index (Phi) is 5.82. The smallest absolute Gasteiger partial charge is 0.160 e. The molecule has 0 fully saturated rings. The molecule has 0 aliphatic rings. The molecule has 7 aromatic carbocycles. The summed E-state index contributed by atoms with van der Waals surface area (Å²) in [5.74, 6) is 0.717. The Morgan fingerprint density at radius 2 is 0.978 bits per heavy atom. The molecule has 0 N–H and O–H groups in total. The molecule has 2 aromatic heterocycles. The third-order valence-electron chi connectivity index (χ3n) is 8.79. The predicted molar refractivity (Wildman–Crippen MR) is 188 cm³/mol. The van der Waals surface area contributed by atoms with E-state index in [2.05, 4.69) is 144 Å². The molecule has 0 aliphatic carbocycles. The number of fused-ring (bicyclic) bond motifs is 5. The molecular weight excluding hydrogens is 546 g/mol. The van der Waals surface area contributed by atoms with Crippen molar-refractivity contribution in [1.29, 1.82) is 0 Å². The van der Waals surface area contributed by atoms with Gasteiger partial charge in [0.05, 0.1) is 28.1 Å². The minimum Gasteiger partial charge on any atom is -0.309 e. The molecule has 0 unspecified atom stereocenters. The summed E-state index contributed by atoms with van der Waals surface area (Å²) in [6, 6.07) is 57.9. The summed E-state index contributed by atoms with van der Waals surface area (Å²) in [5, 5.41) is 7.32. The number of hydrogen-bond donors (Lipinski definition) is 0. The quantitative estimate of drug-likeness (QED) is 0.210. The third-order valence-corrected chi connectivity index (χ3v) is 8.79. The highest BCUT2D eigenvalue weighted by atomic mass is 15.0. The van der Waals surface area contributed by atoms with Crippen molar-refractivity contribution in [2.75, 3.05) is 0 Å². The molecular formula is C42H27N3. The Hall–Kier alpha value is -6.06. The van der Waals surface area contributed by atoms with Crippen LogP contribution < -0.4 is 0 Å². The average Bonchev–Trinajstić information content (AvgIpc) is 3.43. The molecule has 3 heteroatoms. The van der Waals surface area contributed by atoms with E-state index in [0.717, 1.165) is 45.0 Å². The van der Waals surface area contributed by atoms with Crippen molar-refractivity contribution in [2.45, 2.75) is 0 Å². The highest BCUT2D eigenvalue weighted by Gasteiger charge is 2.18. The van der Waals surface area contributed by atoms with Gasteiger partial charge in [-0.2, -0.15) is 0 Å². The number of rotatable bonds is 4. The van der Waals surface area contributed by atoms with Gasteiger partial charge in [-0.25, -0.2) is 9.97 Å². The number of hydrogen-bond acceptors (Lipinski definition) is 2. The van der Waals surface area contributed by atoms with Crippen molar-refractivity contribution in [1.82, 2.24) is 14.5 Å². The molecule has 0 bridgehead atoms. The summed E-state index contributed by atoms with van der Waals surface area (Å²) < 4.78 is 2.42. The zero-order valence-electron chi connectivity index (χ0n) is 24.4. The van der Waals surface area contributed by atoms with Crippen LogP contribution >= 0.6 is 0 Å². The van der Waals surface area contributed by atoms with Crippen molar-refractivity contribution in [3.63, 3.8) is 0 Å². The third kappa shape index (κ3) is 4.21. The first-order valence-electron chi connectivity index (χ1n) is 15.3. The van der Waals surface area contributed by atoms with Gasteiger partial charge in [0.2, 0.25) is 0 Å². The van der Waals surface area contributed by atoms with Crippen LogP contribution in [0.5, 0.6) is 0 Å². The highest BCUT2D eigenvalue weighted by molar-refractivity contribution is 6.15. The molecule has 0 aliphatic heterocycles. The summed E-state index contributed by atoms with van der Waals surface area (Å²) in [6.07, 6.45) is 0. The van der Waals surface area contributed by atoms with Crippen molar-refractivity contribution in [2.24, 2.45) is 0 Å². The number of para-hydroxylation sites is 1. The van der Waals surface area contributed by atoms with Crippen LogP contribution in [0, 0.1) is 0 Å². The predicted octanol–water partition coefficient (Wildman–Crippen LogP) is 10.9. The Labute approximate surface area is 260 Å². The number of aromatic nitrogens is 3. The largest absolute Gasteiger partial charge is 0.309 e. The van der Waals surface area contributed by atoms with Gasteiger partial charge in [-0.3, -0.25) is 0 Å². The molecule has 0 saturated carbocycles. The van der Waals surface area contributed by atoms with Crippen molar-refractivity contribution in [3.8, 4) is 39.6 Å². The van der Waals surface area contributed by atoms with E-state index in [-0.39, 0.29) is 0 Å². The zero-order chi connectivity index (χ0) is 29.7. The molecule has 3 nitrogen and oxygen atoms in total. The number of benzene rings is 7. The molecule has 0 radical (unpaired) electrons. The molecule has 0 saturated heterocycles. The second-order valence-electron chi connectivity index (χ2n) is 11.4. The summed E-state index contributed by atoms with van der Waals surface area (Å²) in [7, 11) is 0. The van der Waals surface area contributed by atoms with Crippen LogP contribution in [0.4, 0.5) is 0 Å². The average molecular weight is 574 g/mol. The van der Waals surface area contributed by atoms with Gasteiger partial charge in [-0.1, -0.05) is 133 Å². The number of nitrogens with zero attached hydrogens (tertiary/aromatic N) is 3. The second kappa shape index (κ2) is 10.3. The minimum absolute atomic E-state index is 0.717. The van der Waals surface area contributed by atoms with Gasteiger partial charge in [-0.05, 0) is 46.5 Å². The first-order chi connectivity index (χ1) is 22.3. The Balaban J connectivity index is 1.31. The molecule has 0 amide bonds. The van der Waals surface area contributed by atoms with E-state index < -0.39 is 0 Å². The molecule has 45 heavy (non-hydrogen) atoms. The maximum Gasteiger partial charge on any atom is 0.160 e. The SMILES string of the molecule is c1ccc(-c2cc(-c3ccc(-n4c5ccccc5c5cc6ccccc6cc54)c4ccccc34)nc(-c3ccccc3)n2)cc1. The fourth-order valence-electron chi connectivity index (χ4n) is 6.67. The minimum atomic E-state index is 0.717. The van der Waals surface area contributed by atoms with Crippen LogP contribution in [0.2, 0.25) is 0 Å². The Bertz CT molecular complexity index is 2470. The van der Waals surface area contributed by atoms with Crippen LogP contribution in [0.1, 0.15) is 0 Å². The summed E-state index contributed by atoms with van der Waals surface area (Å²) in [5.41, 5.74) is 8.49. The summed E-state index contributed by atoms with van der Waals surface area (Å²) >= 11 is 0. The molecule has 9 rings (SSSR count). The lowest BCUT2D eigenvalue weighted by Crippen LogP contribution is -1.99. The van der Waals surface area contributed by atoms with E-state index in [9.17, 15) is 0 Å². The summed E-state index contributed by atoms with van der Waals surface area (Å²) in [4.78, 5) is 10.2. The summed E-state index contributed by atoms with van der Waals surface area (Å²) in [6.45, 7) is 0. The molecule has 0 spiro atoms. The van der Waals surface area contributed by atoms with Gasteiger partial charge in [0.1, 0.15) is 0 Å².